The van der Waals surface area contributed by atoms with E-state index >= 15 is 0 Å². The van der Waals surface area contributed by atoms with E-state index in [0.29, 0.717) is 26.1 Å². The molecule has 2 atom stereocenters. The van der Waals surface area contributed by atoms with Crippen LogP contribution in [-0.2, 0) is 31.0 Å². The average Bonchev–Trinajstić information content (AvgIpc) is 3.04. The summed E-state index contributed by atoms with van der Waals surface area (Å²) in [4.78, 5) is 27.0. The van der Waals surface area contributed by atoms with Crippen molar-refractivity contribution < 1.29 is 22.7 Å². The van der Waals surface area contributed by atoms with Crippen molar-refractivity contribution >= 4 is 21.8 Å². The zero-order chi connectivity index (χ0) is 21.0. The Morgan fingerprint density at radius 2 is 2.00 bits per heavy atom. The summed E-state index contributed by atoms with van der Waals surface area (Å²) >= 11 is 0. The number of nitrogens with one attached hydrogen (secondary N) is 1. The maximum absolute atomic E-state index is 12.9. The van der Waals surface area contributed by atoms with Gasteiger partial charge in [0, 0.05) is 25.7 Å². The van der Waals surface area contributed by atoms with Gasteiger partial charge < -0.3 is 10.1 Å². The Kier molecular flexibility index (Phi) is 6.92. The number of sulfonamides is 1. The van der Waals surface area contributed by atoms with E-state index in [0.717, 1.165) is 9.87 Å². The molecule has 0 aliphatic carbocycles. The first-order chi connectivity index (χ1) is 13.8. The normalized spacial score (nSPS) is 24.4. The molecule has 1 aromatic rings. The highest BCUT2D eigenvalue weighted by atomic mass is 32.2. The molecule has 0 aromatic heterocycles. The average molecular weight is 424 g/mol. The maximum Gasteiger partial charge on any atom is 0.253 e. The maximum atomic E-state index is 12.9. The molecule has 160 valence electrons. The van der Waals surface area contributed by atoms with Gasteiger partial charge >= 0.3 is 0 Å². The Balaban J connectivity index is 1.53. The van der Waals surface area contributed by atoms with Crippen LogP contribution in [0.4, 0.5) is 0 Å². The van der Waals surface area contributed by atoms with E-state index < -0.39 is 16.1 Å². The van der Waals surface area contributed by atoms with Gasteiger partial charge in [0.05, 0.1) is 18.4 Å². The second-order valence-electron chi connectivity index (χ2n) is 8.07. The quantitative estimate of drug-likeness (QED) is 0.690. The zero-order valence-corrected chi connectivity index (χ0v) is 17.7. The van der Waals surface area contributed by atoms with Crippen LogP contribution in [0.2, 0.25) is 0 Å². The summed E-state index contributed by atoms with van der Waals surface area (Å²) in [6, 6.07) is 8.89. The van der Waals surface area contributed by atoms with Crippen LogP contribution in [-0.4, -0.2) is 73.5 Å². The first kappa shape index (κ1) is 21.7. The summed E-state index contributed by atoms with van der Waals surface area (Å²) in [6.45, 7) is 5.02. The van der Waals surface area contributed by atoms with Crippen molar-refractivity contribution in [1.82, 2.24) is 14.5 Å². The van der Waals surface area contributed by atoms with Gasteiger partial charge in [-0.2, -0.15) is 0 Å². The van der Waals surface area contributed by atoms with Crippen molar-refractivity contribution in [2.24, 2.45) is 5.92 Å². The van der Waals surface area contributed by atoms with Crippen molar-refractivity contribution in [1.29, 1.82) is 0 Å². The smallest absolute Gasteiger partial charge is 0.253 e. The highest BCUT2D eigenvalue weighted by Crippen LogP contribution is 2.25. The van der Waals surface area contributed by atoms with Crippen molar-refractivity contribution in [3.05, 3.63) is 35.9 Å². The second kappa shape index (κ2) is 9.23. The number of rotatable bonds is 7. The van der Waals surface area contributed by atoms with Gasteiger partial charge in [-0.25, -0.2) is 12.7 Å². The lowest BCUT2D eigenvalue weighted by Crippen LogP contribution is -2.45. The van der Waals surface area contributed by atoms with E-state index in [1.807, 2.05) is 49.1 Å². The van der Waals surface area contributed by atoms with Crippen LogP contribution < -0.4 is 5.32 Å². The van der Waals surface area contributed by atoms with Gasteiger partial charge in [-0.3, -0.25) is 14.5 Å². The Morgan fingerprint density at radius 3 is 2.69 bits per heavy atom. The highest BCUT2D eigenvalue weighted by molar-refractivity contribution is 7.89. The van der Waals surface area contributed by atoms with Crippen molar-refractivity contribution in [3.63, 3.8) is 0 Å². The molecule has 0 radical (unpaired) electrons. The minimum absolute atomic E-state index is 0.0546. The van der Waals surface area contributed by atoms with Crippen molar-refractivity contribution in [3.8, 4) is 0 Å². The molecular formula is C20H29N3O5S. The number of carbonyl (C=O) groups excluding carboxylic acids is 2. The number of hydrogen-bond acceptors (Lipinski definition) is 6. The number of benzene rings is 1. The Bertz CT molecular complexity index is 828. The van der Waals surface area contributed by atoms with Gasteiger partial charge in [-0.1, -0.05) is 44.2 Å². The molecule has 2 heterocycles. The minimum atomic E-state index is -3.59. The Labute approximate surface area is 172 Å². The molecule has 0 bridgehead atoms. The van der Waals surface area contributed by atoms with E-state index in [9.17, 15) is 18.0 Å². The first-order valence-corrected chi connectivity index (χ1v) is 11.6. The van der Waals surface area contributed by atoms with Crippen LogP contribution in [0.1, 0.15) is 25.8 Å². The number of carbonyl (C=O) groups is 2. The lowest BCUT2D eigenvalue weighted by Gasteiger charge is -2.25. The fourth-order valence-electron chi connectivity index (χ4n) is 3.80. The van der Waals surface area contributed by atoms with Gasteiger partial charge in [0.2, 0.25) is 15.9 Å². The lowest BCUT2D eigenvalue weighted by molar-refractivity contribution is -0.131. The number of ether oxygens (including phenoxy) is 1. The molecule has 3 rings (SSSR count). The van der Waals surface area contributed by atoms with E-state index in [-0.39, 0.29) is 42.7 Å². The van der Waals surface area contributed by atoms with Gasteiger partial charge in [0.15, 0.2) is 0 Å². The topological polar surface area (TPSA) is 96.0 Å². The van der Waals surface area contributed by atoms with Gasteiger partial charge in [0.25, 0.3) is 5.91 Å². The van der Waals surface area contributed by atoms with Crippen LogP contribution in [0.25, 0.3) is 0 Å². The number of fused-ring (bicyclic) bond motifs is 1. The molecule has 2 aliphatic rings. The lowest BCUT2D eigenvalue weighted by atomic mass is 10.1. The van der Waals surface area contributed by atoms with Crippen LogP contribution in [0.3, 0.4) is 0 Å². The third-order valence-electron chi connectivity index (χ3n) is 5.15. The number of nitrogens with zero attached hydrogens (tertiary/aromatic N) is 2. The summed E-state index contributed by atoms with van der Waals surface area (Å²) in [7, 11) is -3.59. The van der Waals surface area contributed by atoms with E-state index in [2.05, 4.69) is 5.32 Å². The number of amides is 2. The van der Waals surface area contributed by atoms with E-state index in [4.69, 9.17) is 4.74 Å². The minimum Gasteiger partial charge on any atom is -0.367 e. The molecule has 0 saturated carbocycles. The van der Waals surface area contributed by atoms with E-state index in [1.165, 1.54) is 0 Å². The molecule has 1 aromatic carbocycles. The fraction of sp³-hybridized carbons (Fsp3) is 0.600. The molecular weight excluding hydrogens is 394 g/mol. The summed E-state index contributed by atoms with van der Waals surface area (Å²) in [5.41, 5.74) is 0.992. The molecule has 2 amide bonds. The SMILES string of the molecule is CC(C)CN1C(=O)[C@@H]2C[C@H](NC(=O)COCc3ccccc3)CN2CCS1(=O)=O. The molecule has 9 heteroatoms. The third-order valence-corrected chi connectivity index (χ3v) is 6.85. The van der Waals surface area contributed by atoms with Crippen LogP contribution in [0.15, 0.2) is 30.3 Å². The summed E-state index contributed by atoms with van der Waals surface area (Å²) in [5.74, 6) is -0.641. The van der Waals surface area contributed by atoms with Crippen LogP contribution in [0, 0.1) is 5.92 Å². The summed E-state index contributed by atoms with van der Waals surface area (Å²) in [6.07, 6.45) is 0.410. The Morgan fingerprint density at radius 1 is 1.28 bits per heavy atom. The molecule has 29 heavy (non-hydrogen) atoms. The van der Waals surface area contributed by atoms with Crippen LogP contribution >= 0.6 is 0 Å². The highest BCUT2D eigenvalue weighted by Gasteiger charge is 2.45. The van der Waals surface area contributed by atoms with Crippen molar-refractivity contribution in [2.45, 2.75) is 39.0 Å². The van der Waals surface area contributed by atoms with Gasteiger partial charge in [0.1, 0.15) is 6.61 Å². The monoisotopic (exact) mass is 423 g/mol. The van der Waals surface area contributed by atoms with Crippen LogP contribution in [0.5, 0.6) is 0 Å². The standard InChI is InChI=1S/C20H29N3O5S/c1-15(2)11-23-20(25)18-10-17(12-22(18)8-9-29(23,26)27)21-19(24)14-28-13-16-6-4-3-5-7-16/h3-7,15,17-18H,8-14H2,1-2H3,(H,21,24)/t17-,18-/m0/s1. The molecule has 2 aliphatic heterocycles. The number of hydrogen-bond donors (Lipinski definition) is 1. The molecule has 8 nitrogen and oxygen atoms in total. The van der Waals surface area contributed by atoms with E-state index in [1.54, 1.807) is 0 Å². The second-order valence-corrected chi connectivity index (χ2v) is 10.1. The fourth-order valence-corrected chi connectivity index (χ4v) is 5.41. The first-order valence-electron chi connectivity index (χ1n) is 9.95. The molecule has 0 unspecified atom stereocenters. The summed E-state index contributed by atoms with van der Waals surface area (Å²) in [5, 5.41) is 2.91. The Hall–Kier alpha value is -1.97. The van der Waals surface area contributed by atoms with Gasteiger partial charge in [-0.15, -0.1) is 0 Å². The largest absolute Gasteiger partial charge is 0.367 e. The van der Waals surface area contributed by atoms with Gasteiger partial charge in [-0.05, 0) is 17.9 Å². The molecule has 2 saturated heterocycles. The predicted octanol–water partition coefficient (Wildman–Crippen LogP) is 0.590. The predicted molar refractivity (Wildman–Crippen MR) is 108 cm³/mol. The molecule has 0 spiro atoms. The zero-order valence-electron chi connectivity index (χ0n) is 16.9. The van der Waals surface area contributed by atoms with Crippen molar-refractivity contribution in [2.75, 3.05) is 32.0 Å². The summed E-state index contributed by atoms with van der Waals surface area (Å²) < 4.78 is 31.4. The third kappa shape index (κ3) is 5.55. The molecule has 1 N–H and O–H groups in total. The molecule has 2 fully saturated rings.